The fourth-order valence-corrected chi connectivity index (χ4v) is 3.08. The summed E-state index contributed by atoms with van der Waals surface area (Å²) in [5.41, 5.74) is 7.08. The van der Waals surface area contributed by atoms with Crippen LogP contribution in [0.3, 0.4) is 0 Å². The molecule has 0 spiro atoms. The van der Waals surface area contributed by atoms with Crippen LogP contribution in [-0.4, -0.2) is 7.11 Å². The van der Waals surface area contributed by atoms with E-state index in [9.17, 15) is 0 Å². The minimum Gasteiger partial charge on any atom is -0.496 e. The number of unbranched alkanes of at least 4 members (excludes halogenated alkanes) is 1. The van der Waals surface area contributed by atoms with Gasteiger partial charge in [-0.3, -0.25) is 0 Å². The van der Waals surface area contributed by atoms with Gasteiger partial charge < -0.3 is 4.74 Å². The molecule has 0 N–H and O–H groups in total. The largest absolute Gasteiger partial charge is 0.496 e. The van der Waals surface area contributed by atoms with E-state index in [1.807, 2.05) is 0 Å². The van der Waals surface area contributed by atoms with Crippen molar-refractivity contribution in [1.29, 1.82) is 0 Å². The van der Waals surface area contributed by atoms with Gasteiger partial charge in [-0.2, -0.15) is 0 Å². The molecule has 1 nitrogen and oxygen atoms in total. The number of aryl methyl sites for hydroxylation is 4. The van der Waals surface area contributed by atoms with Gasteiger partial charge in [0.1, 0.15) is 5.75 Å². The van der Waals surface area contributed by atoms with E-state index in [0.717, 1.165) is 18.6 Å². The lowest BCUT2D eigenvalue weighted by molar-refractivity contribution is 0.409. The Morgan fingerprint density at radius 3 is 2.45 bits per heavy atom. The molecule has 2 aromatic rings. The molecule has 0 atom stereocenters. The first-order chi connectivity index (χ1) is 10.7. The van der Waals surface area contributed by atoms with Crippen molar-refractivity contribution in [2.75, 3.05) is 7.11 Å². The average molecular weight is 296 g/mol. The molecule has 0 radical (unpaired) electrons. The van der Waals surface area contributed by atoms with Gasteiger partial charge in [-0.15, -0.1) is 0 Å². The third-order valence-electron chi connectivity index (χ3n) is 4.39. The smallest absolute Gasteiger partial charge is 0.122 e. The van der Waals surface area contributed by atoms with E-state index < -0.39 is 0 Å². The average Bonchev–Trinajstić information content (AvgIpc) is 2.52. The zero-order valence-electron chi connectivity index (χ0n) is 14.4. The number of methoxy groups -OCH3 is 1. The van der Waals surface area contributed by atoms with Crippen LogP contribution in [0, 0.1) is 13.8 Å². The summed E-state index contributed by atoms with van der Waals surface area (Å²) in [6, 6.07) is 13.2. The lowest BCUT2D eigenvalue weighted by atomic mass is 9.92. The van der Waals surface area contributed by atoms with Crippen molar-refractivity contribution in [2.24, 2.45) is 0 Å². The predicted octanol–water partition coefficient (Wildman–Crippen LogP) is 5.44. The summed E-state index contributed by atoms with van der Waals surface area (Å²) in [7, 11) is 1.76. The summed E-state index contributed by atoms with van der Waals surface area (Å²) >= 11 is 0. The Labute approximate surface area is 135 Å². The van der Waals surface area contributed by atoms with Crippen molar-refractivity contribution in [3.05, 3.63) is 64.2 Å². The topological polar surface area (TPSA) is 9.23 Å². The summed E-state index contributed by atoms with van der Waals surface area (Å²) in [6.45, 7) is 6.63. The third-order valence-corrected chi connectivity index (χ3v) is 4.39. The first-order valence-electron chi connectivity index (χ1n) is 8.36. The maximum atomic E-state index is 5.51. The molecular formula is C21H28O. The monoisotopic (exact) mass is 296 g/mol. The summed E-state index contributed by atoms with van der Waals surface area (Å²) in [6.07, 6.45) is 5.84. The quantitative estimate of drug-likeness (QED) is 0.661. The molecule has 0 bridgehead atoms. The Balaban J connectivity index is 2.19. The van der Waals surface area contributed by atoms with Crippen LogP contribution in [0.15, 0.2) is 36.4 Å². The lowest BCUT2D eigenvalue weighted by Crippen LogP contribution is -2.02. The van der Waals surface area contributed by atoms with Crippen molar-refractivity contribution in [3.8, 4) is 5.75 Å². The maximum Gasteiger partial charge on any atom is 0.122 e. The molecule has 0 saturated carbocycles. The Hall–Kier alpha value is -1.76. The SMILES string of the molecule is CCCCc1cccc(C)c1CCc1cc(C)ccc1OC. The first-order valence-corrected chi connectivity index (χ1v) is 8.36. The van der Waals surface area contributed by atoms with Crippen LogP contribution in [0.5, 0.6) is 5.75 Å². The molecule has 0 aromatic heterocycles. The number of benzene rings is 2. The van der Waals surface area contributed by atoms with Crippen LogP contribution in [0.4, 0.5) is 0 Å². The minimum absolute atomic E-state index is 1.01. The Morgan fingerprint density at radius 2 is 1.73 bits per heavy atom. The van der Waals surface area contributed by atoms with Crippen molar-refractivity contribution in [3.63, 3.8) is 0 Å². The second-order valence-electron chi connectivity index (χ2n) is 6.13. The number of rotatable bonds is 7. The molecule has 0 amide bonds. The van der Waals surface area contributed by atoms with Gasteiger partial charge >= 0.3 is 0 Å². The minimum atomic E-state index is 1.01. The zero-order chi connectivity index (χ0) is 15.9. The van der Waals surface area contributed by atoms with Gasteiger partial charge in [0.05, 0.1) is 7.11 Å². The van der Waals surface area contributed by atoms with E-state index in [1.54, 1.807) is 7.11 Å². The van der Waals surface area contributed by atoms with Crippen molar-refractivity contribution in [2.45, 2.75) is 52.9 Å². The predicted molar refractivity (Wildman–Crippen MR) is 94.9 cm³/mol. The van der Waals surface area contributed by atoms with Crippen molar-refractivity contribution in [1.82, 2.24) is 0 Å². The highest BCUT2D eigenvalue weighted by molar-refractivity contribution is 5.40. The number of hydrogen-bond acceptors (Lipinski definition) is 1. The van der Waals surface area contributed by atoms with E-state index >= 15 is 0 Å². The van der Waals surface area contributed by atoms with E-state index in [0.29, 0.717) is 0 Å². The van der Waals surface area contributed by atoms with E-state index in [4.69, 9.17) is 4.74 Å². The van der Waals surface area contributed by atoms with Gasteiger partial charge in [0.2, 0.25) is 0 Å². The van der Waals surface area contributed by atoms with Crippen molar-refractivity contribution >= 4 is 0 Å². The third kappa shape index (κ3) is 4.13. The second kappa shape index (κ2) is 8.03. The highest BCUT2D eigenvalue weighted by Crippen LogP contribution is 2.24. The molecule has 0 unspecified atom stereocenters. The second-order valence-corrected chi connectivity index (χ2v) is 6.13. The van der Waals surface area contributed by atoms with Crippen LogP contribution >= 0.6 is 0 Å². The maximum absolute atomic E-state index is 5.51. The lowest BCUT2D eigenvalue weighted by Gasteiger charge is -2.14. The molecular weight excluding hydrogens is 268 g/mol. The highest BCUT2D eigenvalue weighted by atomic mass is 16.5. The molecule has 0 aliphatic rings. The highest BCUT2D eigenvalue weighted by Gasteiger charge is 2.08. The molecule has 0 fully saturated rings. The molecule has 2 aromatic carbocycles. The molecule has 2 rings (SSSR count). The van der Waals surface area contributed by atoms with Gasteiger partial charge in [-0.25, -0.2) is 0 Å². The molecule has 0 aliphatic heterocycles. The summed E-state index contributed by atoms with van der Waals surface area (Å²) < 4.78 is 5.51. The zero-order valence-corrected chi connectivity index (χ0v) is 14.4. The summed E-state index contributed by atoms with van der Waals surface area (Å²) in [5.74, 6) is 1.01. The van der Waals surface area contributed by atoms with Crippen LogP contribution in [0.1, 0.15) is 47.6 Å². The first kappa shape index (κ1) is 16.6. The van der Waals surface area contributed by atoms with E-state index in [1.165, 1.54) is 47.1 Å². The number of ether oxygens (including phenoxy) is 1. The van der Waals surface area contributed by atoms with Crippen molar-refractivity contribution < 1.29 is 4.74 Å². The van der Waals surface area contributed by atoms with Crippen LogP contribution in [0.2, 0.25) is 0 Å². The molecule has 22 heavy (non-hydrogen) atoms. The van der Waals surface area contributed by atoms with Gasteiger partial charge in [0.15, 0.2) is 0 Å². The van der Waals surface area contributed by atoms with Crippen LogP contribution in [-0.2, 0) is 19.3 Å². The van der Waals surface area contributed by atoms with Gasteiger partial charge in [-0.05, 0) is 67.9 Å². The van der Waals surface area contributed by atoms with Crippen LogP contribution < -0.4 is 4.74 Å². The Bertz CT molecular complexity index is 613. The van der Waals surface area contributed by atoms with Gasteiger partial charge in [0.25, 0.3) is 0 Å². The normalized spacial score (nSPS) is 10.7. The molecule has 0 heterocycles. The Morgan fingerprint density at radius 1 is 0.909 bits per heavy atom. The standard InChI is InChI=1S/C21H28O/c1-5-6-9-18-10-7-8-17(3)20(18)13-12-19-15-16(2)11-14-21(19)22-4/h7-8,10-11,14-15H,5-6,9,12-13H2,1-4H3. The number of hydrogen-bond donors (Lipinski definition) is 0. The molecule has 118 valence electrons. The molecule has 0 aliphatic carbocycles. The van der Waals surface area contributed by atoms with E-state index in [2.05, 4.69) is 57.2 Å². The van der Waals surface area contributed by atoms with Gasteiger partial charge in [-0.1, -0.05) is 49.2 Å². The van der Waals surface area contributed by atoms with E-state index in [-0.39, 0.29) is 0 Å². The van der Waals surface area contributed by atoms with Crippen LogP contribution in [0.25, 0.3) is 0 Å². The molecule has 0 saturated heterocycles. The fourth-order valence-electron chi connectivity index (χ4n) is 3.08. The summed E-state index contributed by atoms with van der Waals surface area (Å²) in [5, 5.41) is 0. The van der Waals surface area contributed by atoms with Gasteiger partial charge in [0, 0.05) is 0 Å². The fraction of sp³-hybridized carbons (Fsp3) is 0.429. The molecule has 1 heteroatoms. The Kier molecular flexibility index (Phi) is 6.06. The summed E-state index contributed by atoms with van der Waals surface area (Å²) in [4.78, 5) is 0.